The standard InChI is InChI=1S/C17H15ClN4O2/c1-24-15-9-13(18)4-5-14(15)17(23)20-11-12-3-6-16(19-10-12)22-8-2-7-21-22/h2-10H,11H2,1H3,(H,20,23). The molecule has 3 aromatic rings. The van der Waals surface area contributed by atoms with Crippen molar-refractivity contribution in [2.75, 3.05) is 7.11 Å². The highest BCUT2D eigenvalue weighted by molar-refractivity contribution is 6.30. The highest BCUT2D eigenvalue weighted by Crippen LogP contribution is 2.23. The summed E-state index contributed by atoms with van der Waals surface area (Å²) >= 11 is 5.90. The zero-order chi connectivity index (χ0) is 16.9. The summed E-state index contributed by atoms with van der Waals surface area (Å²) in [5.41, 5.74) is 1.32. The fourth-order valence-electron chi connectivity index (χ4n) is 2.19. The molecule has 2 aromatic heterocycles. The lowest BCUT2D eigenvalue weighted by atomic mass is 10.2. The number of benzene rings is 1. The number of methoxy groups -OCH3 is 1. The Morgan fingerprint density at radius 1 is 1.33 bits per heavy atom. The second-order valence-electron chi connectivity index (χ2n) is 5.00. The van der Waals surface area contributed by atoms with Crippen LogP contribution in [-0.2, 0) is 6.54 Å². The number of hydrogen-bond acceptors (Lipinski definition) is 4. The lowest BCUT2D eigenvalue weighted by Crippen LogP contribution is -2.23. The van der Waals surface area contributed by atoms with E-state index in [2.05, 4.69) is 15.4 Å². The van der Waals surface area contributed by atoms with E-state index in [-0.39, 0.29) is 5.91 Å². The van der Waals surface area contributed by atoms with Crippen LogP contribution < -0.4 is 10.1 Å². The van der Waals surface area contributed by atoms with E-state index < -0.39 is 0 Å². The molecule has 3 rings (SSSR count). The van der Waals surface area contributed by atoms with Gasteiger partial charge in [-0.25, -0.2) is 9.67 Å². The van der Waals surface area contributed by atoms with Crippen molar-refractivity contribution < 1.29 is 9.53 Å². The molecule has 0 unspecified atom stereocenters. The van der Waals surface area contributed by atoms with E-state index in [1.807, 2.05) is 24.4 Å². The van der Waals surface area contributed by atoms with Gasteiger partial charge in [0.1, 0.15) is 5.75 Å². The molecular weight excluding hydrogens is 328 g/mol. The minimum atomic E-state index is -0.236. The Kier molecular flexibility index (Phi) is 4.77. The van der Waals surface area contributed by atoms with Crippen molar-refractivity contribution >= 4 is 17.5 Å². The number of ether oxygens (including phenoxy) is 1. The second kappa shape index (κ2) is 7.14. The van der Waals surface area contributed by atoms with E-state index in [0.29, 0.717) is 22.9 Å². The molecule has 1 amide bonds. The Morgan fingerprint density at radius 3 is 2.88 bits per heavy atom. The van der Waals surface area contributed by atoms with Crippen LogP contribution in [0.2, 0.25) is 5.02 Å². The van der Waals surface area contributed by atoms with Crippen LogP contribution in [0.3, 0.4) is 0 Å². The molecule has 1 aromatic carbocycles. The molecule has 2 heterocycles. The van der Waals surface area contributed by atoms with E-state index in [4.69, 9.17) is 16.3 Å². The number of amides is 1. The van der Waals surface area contributed by atoms with E-state index in [0.717, 1.165) is 11.4 Å². The number of carbonyl (C=O) groups is 1. The number of hydrogen-bond donors (Lipinski definition) is 1. The SMILES string of the molecule is COc1cc(Cl)ccc1C(=O)NCc1ccc(-n2cccn2)nc1. The summed E-state index contributed by atoms with van der Waals surface area (Å²) in [6, 6.07) is 10.5. The van der Waals surface area contributed by atoms with Crippen LogP contribution in [0.4, 0.5) is 0 Å². The summed E-state index contributed by atoms with van der Waals surface area (Å²) in [4.78, 5) is 16.6. The topological polar surface area (TPSA) is 69.0 Å². The molecule has 0 spiro atoms. The summed E-state index contributed by atoms with van der Waals surface area (Å²) in [7, 11) is 1.50. The highest BCUT2D eigenvalue weighted by atomic mass is 35.5. The molecule has 24 heavy (non-hydrogen) atoms. The summed E-state index contributed by atoms with van der Waals surface area (Å²) in [5, 5.41) is 7.47. The van der Waals surface area contributed by atoms with E-state index in [1.165, 1.54) is 7.11 Å². The Morgan fingerprint density at radius 2 is 2.21 bits per heavy atom. The van der Waals surface area contributed by atoms with Crippen molar-refractivity contribution in [3.05, 3.63) is 71.1 Å². The monoisotopic (exact) mass is 342 g/mol. The lowest BCUT2D eigenvalue weighted by molar-refractivity contribution is 0.0948. The van der Waals surface area contributed by atoms with E-state index >= 15 is 0 Å². The zero-order valence-electron chi connectivity index (χ0n) is 12.9. The Hall–Kier alpha value is -2.86. The van der Waals surface area contributed by atoms with Gasteiger partial charge in [0.25, 0.3) is 5.91 Å². The molecule has 1 N–H and O–H groups in total. The minimum Gasteiger partial charge on any atom is -0.496 e. The first kappa shape index (κ1) is 16.0. The van der Waals surface area contributed by atoms with Crippen molar-refractivity contribution in [1.29, 1.82) is 0 Å². The first-order valence-corrected chi connectivity index (χ1v) is 7.62. The molecule has 6 nitrogen and oxygen atoms in total. The van der Waals surface area contributed by atoms with Gasteiger partial charge >= 0.3 is 0 Å². The summed E-state index contributed by atoms with van der Waals surface area (Å²) in [6.07, 6.45) is 5.21. The number of carbonyl (C=O) groups excluding carboxylic acids is 1. The molecule has 7 heteroatoms. The number of aromatic nitrogens is 3. The van der Waals surface area contributed by atoms with Gasteiger partial charge in [-0.2, -0.15) is 5.10 Å². The summed E-state index contributed by atoms with van der Waals surface area (Å²) in [5.74, 6) is 0.918. The normalized spacial score (nSPS) is 10.4. The second-order valence-corrected chi connectivity index (χ2v) is 5.44. The molecule has 0 fully saturated rings. The van der Waals surface area contributed by atoms with Crippen LogP contribution >= 0.6 is 11.6 Å². The van der Waals surface area contributed by atoms with Crippen molar-refractivity contribution in [3.63, 3.8) is 0 Å². The third kappa shape index (κ3) is 3.55. The number of pyridine rings is 1. The average molecular weight is 343 g/mol. The summed E-state index contributed by atoms with van der Waals surface area (Å²) < 4.78 is 6.86. The first-order chi connectivity index (χ1) is 11.7. The fourth-order valence-corrected chi connectivity index (χ4v) is 2.35. The van der Waals surface area contributed by atoms with Gasteiger partial charge in [-0.3, -0.25) is 4.79 Å². The zero-order valence-corrected chi connectivity index (χ0v) is 13.7. The number of nitrogens with zero attached hydrogens (tertiary/aromatic N) is 3. The van der Waals surface area contributed by atoms with E-state index in [1.54, 1.807) is 35.3 Å². The van der Waals surface area contributed by atoms with Crippen molar-refractivity contribution in [2.45, 2.75) is 6.54 Å². The average Bonchev–Trinajstić information content (AvgIpc) is 3.14. The van der Waals surface area contributed by atoms with Gasteiger partial charge in [0.15, 0.2) is 5.82 Å². The van der Waals surface area contributed by atoms with Crippen LogP contribution in [0.5, 0.6) is 5.75 Å². The molecule has 0 saturated carbocycles. The van der Waals surface area contributed by atoms with Crippen LogP contribution in [0, 0.1) is 0 Å². The quantitative estimate of drug-likeness (QED) is 0.774. The van der Waals surface area contributed by atoms with Crippen LogP contribution in [0.25, 0.3) is 5.82 Å². The molecule has 0 aliphatic carbocycles. The van der Waals surface area contributed by atoms with Gasteiger partial charge in [-0.05, 0) is 35.9 Å². The number of rotatable bonds is 5. The molecular formula is C17H15ClN4O2. The van der Waals surface area contributed by atoms with Crippen molar-refractivity contribution in [3.8, 4) is 11.6 Å². The Labute approximate surface area is 144 Å². The third-order valence-corrected chi connectivity index (χ3v) is 3.64. The maximum atomic E-state index is 12.3. The molecule has 0 bridgehead atoms. The van der Waals surface area contributed by atoms with Gasteiger partial charge in [0, 0.05) is 30.2 Å². The molecule has 0 aliphatic heterocycles. The summed E-state index contributed by atoms with van der Waals surface area (Å²) in [6.45, 7) is 0.358. The van der Waals surface area contributed by atoms with Gasteiger partial charge in [0.05, 0.1) is 12.7 Å². The van der Waals surface area contributed by atoms with Crippen LogP contribution in [0.15, 0.2) is 55.0 Å². The lowest BCUT2D eigenvalue weighted by Gasteiger charge is -2.10. The Bertz CT molecular complexity index is 832. The number of halogens is 1. The predicted molar refractivity (Wildman–Crippen MR) is 90.5 cm³/mol. The van der Waals surface area contributed by atoms with Crippen LogP contribution in [-0.4, -0.2) is 27.8 Å². The van der Waals surface area contributed by atoms with Gasteiger partial charge in [0.2, 0.25) is 0 Å². The van der Waals surface area contributed by atoms with Gasteiger partial charge in [-0.15, -0.1) is 0 Å². The largest absolute Gasteiger partial charge is 0.496 e. The minimum absolute atomic E-state index is 0.236. The van der Waals surface area contributed by atoms with Crippen molar-refractivity contribution in [1.82, 2.24) is 20.1 Å². The Balaban J connectivity index is 1.66. The van der Waals surface area contributed by atoms with Crippen LogP contribution in [0.1, 0.15) is 15.9 Å². The molecule has 0 saturated heterocycles. The van der Waals surface area contributed by atoms with E-state index in [9.17, 15) is 4.79 Å². The maximum absolute atomic E-state index is 12.3. The van der Waals surface area contributed by atoms with Crippen molar-refractivity contribution in [2.24, 2.45) is 0 Å². The molecule has 0 radical (unpaired) electrons. The molecule has 0 atom stereocenters. The predicted octanol–water partition coefficient (Wildman–Crippen LogP) is 2.86. The van der Waals surface area contributed by atoms with Gasteiger partial charge in [-0.1, -0.05) is 17.7 Å². The number of nitrogens with one attached hydrogen (secondary N) is 1. The highest BCUT2D eigenvalue weighted by Gasteiger charge is 2.12. The third-order valence-electron chi connectivity index (χ3n) is 3.41. The molecule has 122 valence electrons. The molecule has 0 aliphatic rings. The van der Waals surface area contributed by atoms with Gasteiger partial charge < -0.3 is 10.1 Å². The smallest absolute Gasteiger partial charge is 0.255 e. The first-order valence-electron chi connectivity index (χ1n) is 7.24. The fraction of sp³-hybridized carbons (Fsp3) is 0.118. The maximum Gasteiger partial charge on any atom is 0.255 e.